The van der Waals surface area contributed by atoms with Crippen LogP contribution in [-0.2, 0) is 29.9 Å². The first-order valence-electron chi connectivity index (χ1n) is 11.5. The molecule has 0 amide bonds. The van der Waals surface area contributed by atoms with Crippen LogP contribution in [0.4, 0.5) is 17.1 Å². The first kappa shape index (κ1) is 29.7. The number of hydrogen-bond donors (Lipinski definition) is 3. The topological polar surface area (TPSA) is 142 Å². The number of sulfonamides is 2. The largest absolute Gasteiger partial charge is 0.370 e. The number of nitrogens with one attached hydrogen (secondary N) is 3. The minimum absolute atomic E-state index is 0. The molecule has 38 heavy (non-hydrogen) atoms. The molecule has 0 radical (unpaired) electrons. The molecule has 206 valence electrons. The van der Waals surface area contributed by atoms with E-state index in [1.54, 1.807) is 30.3 Å². The maximum absolute atomic E-state index is 13.1. The Morgan fingerprint density at radius 2 is 1.26 bits per heavy atom. The second-order valence-electron chi connectivity index (χ2n) is 8.59. The molecule has 4 rings (SSSR count). The summed E-state index contributed by atoms with van der Waals surface area (Å²) in [5.74, 6) is 0. The van der Waals surface area contributed by atoms with E-state index in [-0.39, 0.29) is 38.5 Å². The van der Waals surface area contributed by atoms with Crippen molar-refractivity contribution in [1.29, 1.82) is 0 Å². The van der Waals surface area contributed by atoms with E-state index >= 15 is 0 Å². The van der Waals surface area contributed by atoms with Gasteiger partial charge in [0.1, 0.15) is 0 Å². The molecule has 1 fully saturated rings. The summed E-state index contributed by atoms with van der Waals surface area (Å²) in [6.45, 7) is 3.11. The van der Waals surface area contributed by atoms with Gasteiger partial charge in [0.05, 0.1) is 26.1 Å². The van der Waals surface area contributed by atoms with Gasteiger partial charge in [0.2, 0.25) is 0 Å². The van der Waals surface area contributed by atoms with Gasteiger partial charge in [0, 0.05) is 31.6 Å². The molecule has 1 saturated heterocycles. The second kappa shape index (κ2) is 11.9. The van der Waals surface area contributed by atoms with Crippen molar-refractivity contribution in [2.24, 2.45) is 0 Å². The molecular formula is C24H29ClN4O6S3. The van der Waals surface area contributed by atoms with Gasteiger partial charge >= 0.3 is 0 Å². The Bertz CT molecular complexity index is 1570. The summed E-state index contributed by atoms with van der Waals surface area (Å²) in [4.78, 5) is 1.95. The van der Waals surface area contributed by atoms with Crippen LogP contribution in [0.25, 0.3) is 0 Å². The van der Waals surface area contributed by atoms with Crippen molar-refractivity contribution >= 4 is 59.4 Å². The number of sulfone groups is 1. The van der Waals surface area contributed by atoms with Crippen LogP contribution < -0.4 is 19.7 Å². The molecule has 3 aromatic carbocycles. The highest BCUT2D eigenvalue weighted by molar-refractivity contribution is 7.93. The number of nitrogens with zero attached hydrogens (tertiary/aromatic N) is 1. The molecule has 0 aliphatic carbocycles. The van der Waals surface area contributed by atoms with Crippen LogP contribution in [0.1, 0.15) is 6.42 Å². The monoisotopic (exact) mass is 600 g/mol. The van der Waals surface area contributed by atoms with Crippen LogP contribution in [0.15, 0.2) is 87.5 Å². The molecule has 0 bridgehead atoms. The van der Waals surface area contributed by atoms with Crippen LogP contribution in [0.3, 0.4) is 0 Å². The molecule has 0 saturated carbocycles. The van der Waals surface area contributed by atoms with Crippen LogP contribution in [0, 0.1) is 0 Å². The number of anilines is 3. The number of rotatable bonds is 8. The van der Waals surface area contributed by atoms with Crippen LogP contribution in [0.5, 0.6) is 0 Å². The van der Waals surface area contributed by atoms with E-state index < -0.39 is 29.9 Å². The SMILES string of the molecule is CS(=O)(=O)c1ccc(S(=O)(=O)Nc2ccc(N3CCCNCC3)cc2NS(=O)(=O)c2ccccc2)cc1.Cl. The summed E-state index contributed by atoms with van der Waals surface area (Å²) < 4.78 is 80.9. The summed E-state index contributed by atoms with van der Waals surface area (Å²) in [6.07, 6.45) is 1.94. The van der Waals surface area contributed by atoms with E-state index in [4.69, 9.17) is 0 Å². The molecule has 1 aliphatic rings. The lowest BCUT2D eigenvalue weighted by Gasteiger charge is -2.24. The molecular weight excluding hydrogens is 572 g/mol. The average Bonchev–Trinajstić information content (AvgIpc) is 3.15. The zero-order valence-electron chi connectivity index (χ0n) is 20.5. The molecule has 14 heteroatoms. The van der Waals surface area contributed by atoms with Crippen molar-refractivity contribution in [3.05, 3.63) is 72.8 Å². The van der Waals surface area contributed by atoms with Gasteiger partial charge in [-0.15, -0.1) is 12.4 Å². The predicted octanol–water partition coefficient (Wildman–Crippen LogP) is 2.91. The van der Waals surface area contributed by atoms with Gasteiger partial charge in [0.25, 0.3) is 20.0 Å². The van der Waals surface area contributed by atoms with Crippen LogP contribution in [0.2, 0.25) is 0 Å². The molecule has 0 atom stereocenters. The Hall–Kier alpha value is -2.84. The minimum atomic E-state index is -4.17. The zero-order chi connectivity index (χ0) is 26.7. The van der Waals surface area contributed by atoms with Gasteiger partial charge in [-0.05, 0) is 67.6 Å². The Morgan fingerprint density at radius 1 is 0.684 bits per heavy atom. The van der Waals surface area contributed by atoms with Crippen molar-refractivity contribution in [1.82, 2.24) is 5.32 Å². The summed E-state index contributed by atoms with van der Waals surface area (Å²) in [5, 5.41) is 3.31. The maximum atomic E-state index is 13.1. The van der Waals surface area contributed by atoms with Crippen molar-refractivity contribution in [3.8, 4) is 0 Å². The van der Waals surface area contributed by atoms with Gasteiger partial charge in [-0.1, -0.05) is 18.2 Å². The van der Waals surface area contributed by atoms with E-state index in [2.05, 4.69) is 19.7 Å². The minimum Gasteiger partial charge on any atom is -0.370 e. The fourth-order valence-electron chi connectivity index (χ4n) is 3.88. The second-order valence-corrected chi connectivity index (χ2v) is 14.0. The third-order valence-electron chi connectivity index (χ3n) is 5.81. The molecule has 0 aromatic heterocycles. The fraction of sp³-hybridized carbons (Fsp3) is 0.250. The number of hydrogen-bond acceptors (Lipinski definition) is 8. The van der Waals surface area contributed by atoms with Gasteiger partial charge in [-0.3, -0.25) is 9.44 Å². The lowest BCUT2D eigenvalue weighted by Crippen LogP contribution is -2.28. The van der Waals surface area contributed by atoms with Crippen LogP contribution >= 0.6 is 12.4 Å². The summed E-state index contributed by atoms with van der Waals surface area (Å²) >= 11 is 0. The normalized spacial score (nSPS) is 14.7. The van der Waals surface area contributed by atoms with Gasteiger partial charge in [-0.25, -0.2) is 25.3 Å². The molecule has 3 aromatic rings. The third kappa shape index (κ3) is 7.17. The highest BCUT2D eigenvalue weighted by Gasteiger charge is 2.22. The molecule has 0 unspecified atom stereocenters. The predicted molar refractivity (Wildman–Crippen MR) is 151 cm³/mol. The maximum Gasteiger partial charge on any atom is 0.261 e. The van der Waals surface area contributed by atoms with E-state index in [1.807, 2.05) is 0 Å². The smallest absolute Gasteiger partial charge is 0.261 e. The van der Waals surface area contributed by atoms with Crippen molar-refractivity contribution in [3.63, 3.8) is 0 Å². The van der Waals surface area contributed by atoms with Crippen molar-refractivity contribution in [2.75, 3.05) is 46.8 Å². The van der Waals surface area contributed by atoms with Gasteiger partial charge in [-0.2, -0.15) is 0 Å². The number of benzene rings is 3. The van der Waals surface area contributed by atoms with E-state index in [0.717, 1.165) is 38.0 Å². The Morgan fingerprint density at radius 3 is 1.89 bits per heavy atom. The zero-order valence-corrected chi connectivity index (χ0v) is 23.8. The fourth-order valence-corrected chi connectivity index (χ4v) is 6.68. The standard InChI is InChI=1S/C24H28N4O6S3.ClH/c1-35(29,30)20-9-11-22(12-10-20)37(33,34)26-23-13-8-19(28-16-5-14-25-15-17-28)18-24(23)27-36(31,32)21-6-3-2-4-7-21;/h2-4,6-13,18,25-27H,5,14-17H2,1H3;1H. The first-order valence-corrected chi connectivity index (χ1v) is 16.3. The molecule has 3 N–H and O–H groups in total. The van der Waals surface area contributed by atoms with Gasteiger partial charge < -0.3 is 10.2 Å². The van der Waals surface area contributed by atoms with Gasteiger partial charge in [0.15, 0.2) is 9.84 Å². The lowest BCUT2D eigenvalue weighted by atomic mass is 10.2. The quantitative estimate of drug-likeness (QED) is 0.358. The first-order chi connectivity index (χ1) is 17.5. The average molecular weight is 601 g/mol. The molecule has 0 spiro atoms. The third-order valence-corrected chi connectivity index (χ3v) is 9.70. The van der Waals surface area contributed by atoms with Crippen molar-refractivity contribution in [2.45, 2.75) is 21.1 Å². The summed E-state index contributed by atoms with van der Waals surface area (Å²) in [5.41, 5.74) is 0.841. The summed E-state index contributed by atoms with van der Waals surface area (Å²) in [6, 6.07) is 17.4. The highest BCUT2D eigenvalue weighted by Crippen LogP contribution is 2.32. The van der Waals surface area contributed by atoms with E-state index in [0.29, 0.717) is 6.54 Å². The molecule has 1 heterocycles. The van der Waals surface area contributed by atoms with E-state index in [9.17, 15) is 25.3 Å². The number of halogens is 1. The Kier molecular flexibility index (Phi) is 9.31. The highest BCUT2D eigenvalue weighted by atomic mass is 35.5. The Labute approximate surface area is 229 Å². The molecule has 10 nitrogen and oxygen atoms in total. The Balaban J connectivity index is 0.00000400. The van der Waals surface area contributed by atoms with E-state index in [1.165, 1.54) is 42.5 Å². The van der Waals surface area contributed by atoms with Crippen LogP contribution in [-0.4, -0.2) is 57.7 Å². The lowest BCUT2D eigenvalue weighted by molar-refractivity contribution is 0.597. The van der Waals surface area contributed by atoms with Crippen molar-refractivity contribution < 1.29 is 25.3 Å². The molecule has 1 aliphatic heterocycles. The summed E-state index contributed by atoms with van der Waals surface area (Å²) in [7, 11) is -11.7.